The minimum atomic E-state index is -3.34. The van der Waals surface area contributed by atoms with Crippen molar-refractivity contribution in [2.75, 3.05) is 17.2 Å². The lowest BCUT2D eigenvalue weighted by molar-refractivity contribution is 0.0985. The average molecular weight is 358 g/mol. The number of rotatable bonds is 3. The van der Waals surface area contributed by atoms with E-state index in [2.05, 4.69) is 0 Å². The van der Waals surface area contributed by atoms with E-state index in [9.17, 15) is 13.2 Å². The fourth-order valence-corrected chi connectivity index (χ4v) is 4.14. The quantitative estimate of drug-likeness (QED) is 0.855. The van der Waals surface area contributed by atoms with Gasteiger partial charge in [0.2, 0.25) is 0 Å². The van der Waals surface area contributed by atoms with E-state index in [0.717, 1.165) is 24.1 Å². The van der Waals surface area contributed by atoms with Crippen molar-refractivity contribution in [3.63, 3.8) is 0 Å². The molecule has 0 aliphatic carbocycles. The first-order valence-electron chi connectivity index (χ1n) is 8.35. The predicted octanol–water partition coefficient (Wildman–Crippen LogP) is 3.04. The number of amides is 1. The third kappa shape index (κ3) is 3.14. The van der Waals surface area contributed by atoms with Crippen LogP contribution in [0.1, 0.15) is 36.2 Å². The number of nitrogen functional groups attached to an aromatic ring is 1. The van der Waals surface area contributed by atoms with Gasteiger partial charge in [0.15, 0.2) is 9.84 Å². The maximum absolute atomic E-state index is 12.9. The van der Waals surface area contributed by atoms with Gasteiger partial charge in [-0.25, -0.2) is 8.42 Å². The number of hydrogen-bond acceptors (Lipinski definition) is 4. The van der Waals surface area contributed by atoms with Crippen LogP contribution in [0.2, 0.25) is 0 Å². The SMILES string of the molecule is CC(C)S(=O)(=O)c1ccc(C(=O)N2CCCc3c(N)cccc32)cc1. The summed E-state index contributed by atoms with van der Waals surface area (Å²) >= 11 is 0. The highest BCUT2D eigenvalue weighted by Gasteiger charge is 2.25. The lowest BCUT2D eigenvalue weighted by atomic mass is 9.99. The lowest BCUT2D eigenvalue weighted by Gasteiger charge is -2.30. The Kier molecular flexibility index (Phi) is 4.56. The van der Waals surface area contributed by atoms with Crippen molar-refractivity contribution >= 4 is 27.1 Å². The molecule has 5 nitrogen and oxygen atoms in total. The van der Waals surface area contributed by atoms with E-state index < -0.39 is 15.1 Å². The maximum Gasteiger partial charge on any atom is 0.258 e. The van der Waals surface area contributed by atoms with E-state index in [1.165, 1.54) is 12.1 Å². The zero-order chi connectivity index (χ0) is 18.2. The second kappa shape index (κ2) is 6.52. The molecule has 2 aromatic carbocycles. The molecule has 6 heteroatoms. The highest BCUT2D eigenvalue weighted by atomic mass is 32.2. The van der Waals surface area contributed by atoms with Crippen LogP contribution in [0.5, 0.6) is 0 Å². The standard InChI is InChI=1S/C19H22N2O3S/c1-13(2)25(23,24)15-10-8-14(9-11-15)19(22)21-12-4-5-16-17(20)6-3-7-18(16)21/h3,6-11,13H,4-5,12,20H2,1-2H3. The minimum absolute atomic E-state index is 0.139. The van der Waals surface area contributed by atoms with Gasteiger partial charge in [0, 0.05) is 23.5 Å². The summed E-state index contributed by atoms with van der Waals surface area (Å²) < 4.78 is 24.4. The van der Waals surface area contributed by atoms with Crippen LogP contribution in [0, 0.1) is 0 Å². The van der Waals surface area contributed by atoms with Gasteiger partial charge in [-0.3, -0.25) is 4.79 Å². The van der Waals surface area contributed by atoms with Gasteiger partial charge in [-0.05, 0) is 68.7 Å². The molecule has 0 saturated carbocycles. The van der Waals surface area contributed by atoms with Gasteiger partial charge in [0.1, 0.15) is 0 Å². The number of sulfone groups is 1. The number of carbonyl (C=O) groups is 1. The van der Waals surface area contributed by atoms with Crippen LogP contribution >= 0.6 is 0 Å². The Morgan fingerprint density at radius 2 is 1.80 bits per heavy atom. The van der Waals surface area contributed by atoms with Crippen molar-refractivity contribution in [1.82, 2.24) is 0 Å². The highest BCUT2D eigenvalue weighted by molar-refractivity contribution is 7.92. The van der Waals surface area contributed by atoms with Gasteiger partial charge in [0.05, 0.1) is 10.1 Å². The van der Waals surface area contributed by atoms with Gasteiger partial charge in [-0.2, -0.15) is 0 Å². The second-order valence-electron chi connectivity index (χ2n) is 6.52. The molecule has 2 N–H and O–H groups in total. The third-order valence-electron chi connectivity index (χ3n) is 4.58. The Balaban J connectivity index is 1.92. The van der Waals surface area contributed by atoms with Crippen LogP contribution in [0.25, 0.3) is 0 Å². The van der Waals surface area contributed by atoms with E-state index in [4.69, 9.17) is 5.73 Å². The van der Waals surface area contributed by atoms with Gasteiger partial charge >= 0.3 is 0 Å². The van der Waals surface area contributed by atoms with Crippen molar-refractivity contribution in [3.05, 3.63) is 53.6 Å². The normalized spacial score (nSPS) is 14.4. The number of carbonyl (C=O) groups excluding carboxylic acids is 1. The van der Waals surface area contributed by atoms with Crippen LogP contribution in [-0.4, -0.2) is 26.1 Å². The molecule has 0 radical (unpaired) electrons. The van der Waals surface area contributed by atoms with Crippen molar-refractivity contribution in [2.45, 2.75) is 36.8 Å². The Morgan fingerprint density at radius 3 is 2.44 bits per heavy atom. The number of hydrogen-bond donors (Lipinski definition) is 1. The molecule has 1 heterocycles. The monoisotopic (exact) mass is 358 g/mol. The third-order valence-corrected chi connectivity index (χ3v) is 6.75. The summed E-state index contributed by atoms with van der Waals surface area (Å²) in [5, 5.41) is -0.494. The smallest absolute Gasteiger partial charge is 0.258 e. The summed E-state index contributed by atoms with van der Waals surface area (Å²) in [6.45, 7) is 3.91. The summed E-state index contributed by atoms with van der Waals surface area (Å²) in [6, 6.07) is 11.8. The fourth-order valence-electron chi connectivity index (χ4n) is 3.08. The molecule has 2 aromatic rings. The summed E-state index contributed by atoms with van der Waals surface area (Å²) in [6.07, 6.45) is 1.71. The van der Waals surface area contributed by atoms with Gasteiger partial charge in [0.25, 0.3) is 5.91 Å². The predicted molar refractivity (Wildman–Crippen MR) is 99.6 cm³/mol. The molecule has 0 aromatic heterocycles. The number of nitrogens with two attached hydrogens (primary N) is 1. The zero-order valence-electron chi connectivity index (χ0n) is 14.4. The Morgan fingerprint density at radius 1 is 1.12 bits per heavy atom. The Labute approximate surface area is 148 Å². The minimum Gasteiger partial charge on any atom is -0.398 e. The molecule has 0 fully saturated rings. The molecule has 132 valence electrons. The number of benzene rings is 2. The highest BCUT2D eigenvalue weighted by Crippen LogP contribution is 2.32. The topological polar surface area (TPSA) is 80.5 Å². The van der Waals surface area contributed by atoms with Crippen LogP contribution in [0.15, 0.2) is 47.4 Å². The first kappa shape index (κ1) is 17.5. The molecule has 25 heavy (non-hydrogen) atoms. The van der Waals surface area contributed by atoms with Crippen molar-refractivity contribution < 1.29 is 13.2 Å². The summed E-state index contributed by atoms with van der Waals surface area (Å²) in [7, 11) is -3.34. The van der Waals surface area contributed by atoms with Crippen LogP contribution in [0.3, 0.4) is 0 Å². The van der Waals surface area contributed by atoms with Crippen LogP contribution in [-0.2, 0) is 16.3 Å². The van der Waals surface area contributed by atoms with Crippen molar-refractivity contribution in [1.29, 1.82) is 0 Å². The fraction of sp³-hybridized carbons (Fsp3) is 0.316. The van der Waals surface area contributed by atoms with Crippen LogP contribution in [0.4, 0.5) is 11.4 Å². The summed E-state index contributed by atoms with van der Waals surface area (Å²) in [4.78, 5) is 14.9. The molecule has 0 spiro atoms. The molecule has 3 rings (SSSR count). The summed E-state index contributed by atoms with van der Waals surface area (Å²) in [5.41, 5.74) is 9.05. The largest absolute Gasteiger partial charge is 0.398 e. The van der Waals surface area contributed by atoms with E-state index in [-0.39, 0.29) is 10.8 Å². The van der Waals surface area contributed by atoms with Crippen molar-refractivity contribution in [2.24, 2.45) is 0 Å². The van der Waals surface area contributed by atoms with E-state index in [1.807, 2.05) is 18.2 Å². The maximum atomic E-state index is 12.9. The number of fused-ring (bicyclic) bond motifs is 1. The first-order valence-corrected chi connectivity index (χ1v) is 9.90. The molecule has 0 atom stereocenters. The molecular weight excluding hydrogens is 336 g/mol. The van der Waals surface area contributed by atoms with E-state index >= 15 is 0 Å². The summed E-state index contributed by atoms with van der Waals surface area (Å²) in [5.74, 6) is -0.139. The zero-order valence-corrected chi connectivity index (χ0v) is 15.2. The van der Waals surface area contributed by atoms with Gasteiger partial charge in [-0.15, -0.1) is 0 Å². The Hall–Kier alpha value is -2.34. The molecule has 0 saturated heterocycles. The molecular formula is C19H22N2O3S. The molecule has 0 bridgehead atoms. The average Bonchev–Trinajstić information content (AvgIpc) is 2.61. The van der Waals surface area contributed by atoms with Crippen LogP contribution < -0.4 is 10.6 Å². The van der Waals surface area contributed by atoms with Gasteiger partial charge < -0.3 is 10.6 Å². The Bertz CT molecular complexity index is 903. The second-order valence-corrected chi connectivity index (χ2v) is 9.03. The molecule has 1 aliphatic heterocycles. The molecule has 1 aliphatic rings. The molecule has 0 unspecified atom stereocenters. The van der Waals surface area contributed by atoms with E-state index in [0.29, 0.717) is 17.8 Å². The lowest BCUT2D eigenvalue weighted by Crippen LogP contribution is -2.35. The van der Waals surface area contributed by atoms with Gasteiger partial charge in [-0.1, -0.05) is 6.07 Å². The first-order chi connectivity index (χ1) is 11.8. The van der Waals surface area contributed by atoms with Crippen molar-refractivity contribution in [3.8, 4) is 0 Å². The molecule has 1 amide bonds. The van der Waals surface area contributed by atoms with E-state index in [1.54, 1.807) is 30.9 Å². The number of anilines is 2. The number of nitrogens with zero attached hydrogens (tertiary/aromatic N) is 1.